The highest BCUT2D eigenvalue weighted by molar-refractivity contribution is 5.85. The largest absolute Gasteiger partial charge is 0.480 e. The van der Waals surface area contributed by atoms with Gasteiger partial charge in [0, 0.05) is 12.6 Å². The zero-order valence-electron chi connectivity index (χ0n) is 11.9. The van der Waals surface area contributed by atoms with Crippen LogP contribution in [0.5, 0.6) is 0 Å². The van der Waals surface area contributed by atoms with E-state index in [2.05, 4.69) is 5.32 Å². The van der Waals surface area contributed by atoms with Crippen molar-refractivity contribution >= 4 is 24.3 Å². The Morgan fingerprint density at radius 3 is 2.40 bits per heavy atom. The lowest BCUT2D eigenvalue weighted by atomic mass is 9.94. The summed E-state index contributed by atoms with van der Waals surface area (Å²) in [5, 5.41) is 20.4. The van der Waals surface area contributed by atoms with Crippen LogP contribution in [0.4, 0.5) is 0 Å². The van der Waals surface area contributed by atoms with Crippen molar-refractivity contribution in [1.82, 2.24) is 10.2 Å². The van der Waals surface area contributed by atoms with Gasteiger partial charge in [-0.1, -0.05) is 19.3 Å². The van der Waals surface area contributed by atoms with Gasteiger partial charge in [-0.25, -0.2) is 0 Å². The summed E-state index contributed by atoms with van der Waals surface area (Å²) in [5.41, 5.74) is 0. The molecule has 1 saturated carbocycles. The summed E-state index contributed by atoms with van der Waals surface area (Å²) in [7, 11) is 0. The van der Waals surface area contributed by atoms with Crippen LogP contribution in [0.2, 0.25) is 0 Å². The summed E-state index contributed by atoms with van der Waals surface area (Å²) >= 11 is 0. The quantitative estimate of drug-likeness (QED) is 0.641. The first-order chi connectivity index (χ1) is 8.99. The van der Waals surface area contributed by atoms with E-state index in [1.165, 1.54) is 6.42 Å². The fourth-order valence-electron chi connectivity index (χ4n) is 2.54. The first kappa shape index (κ1) is 19.1. The fraction of sp³-hybridized carbons (Fsp3) is 0.846. The Kier molecular flexibility index (Phi) is 9.54. The normalized spacial score (nSPS) is 17.4. The van der Waals surface area contributed by atoms with Gasteiger partial charge < -0.3 is 15.5 Å². The minimum atomic E-state index is -1.05. The van der Waals surface area contributed by atoms with Crippen molar-refractivity contribution in [3.8, 4) is 0 Å². The number of aliphatic hydroxyl groups excluding tert-OH is 1. The second-order valence-electron chi connectivity index (χ2n) is 5.24. The van der Waals surface area contributed by atoms with Gasteiger partial charge in [0.2, 0.25) is 5.91 Å². The topological polar surface area (TPSA) is 89.9 Å². The van der Waals surface area contributed by atoms with Crippen LogP contribution in [0.3, 0.4) is 0 Å². The molecule has 118 valence electrons. The third-order valence-corrected chi connectivity index (χ3v) is 3.37. The predicted molar refractivity (Wildman–Crippen MR) is 78.0 cm³/mol. The molecular weight excluding hydrogens is 284 g/mol. The molecule has 0 bridgehead atoms. The Morgan fingerprint density at radius 2 is 1.90 bits per heavy atom. The number of nitrogens with zero attached hydrogens (tertiary/aromatic N) is 1. The molecule has 20 heavy (non-hydrogen) atoms. The standard InChI is InChI=1S/C13H24N2O4.ClH/c1-10(16)8-15(11-5-3-2-4-6-11)9-12(17)14-7-13(18)19;/h10-11,16H,2-9H2,1H3,(H,14,17)(H,18,19);1H. The highest BCUT2D eigenvalue weighted by Gasteiger charge is 2.24. The van der Waals surface area contributed by atoms with E-state index in [1.54, 1.807) is 6.92 Å². The molecule has 0 aliphatic heterocycles. The van der Waals surface area contributed by atoms with E-state index in [1.807, 2.05) is 4.90 Å². The molecule has 0 radical (unpaired) electrons. The third kappa shape index (κ3) is 7.67. The first-order valence-corrected chi connectivity index (χ1v) is 6.89. The average Bonchev–Trinajstić information content (AvgIpc) is 2.36. The van der Waals surface area contributed by atoms with Crippen molar-refractivity contribution in [1.29, 1.82) is 0 Å². The van der Waals surface area contributed by atoms with E-state index in [0.717, 1.165) is 25.7 Å². The second kappa shape index (κ2) is 9.96. The van der Waals surface area contributed by atoms with Crippen LogP contribution in [0.1, 0.15) is 39.0 Å². The van der Waals surface area contributed by atoms with E-state index in [9.17, 15) is 14.7 Å². The summed E-state index contributed by atoms with van der Waals surface area (Å²) in [6, 6.07) is 0.318. The summed E-state index contributed by atoms with van der Waals surface area (Å²) < 4.78 is 0. The number of carboxylic acids is 1. The van der Waals surface area contributed by atoms with Crippen molar-refractivity contribution in [2.24, 2.45) is 0 Å². The maximum absolute atomic E-state index is 11.7. The molecule has 6 nitrogen and oxygen atoms in total. The van der Waals surface area contributed by atoms with Crippen molar-refractivity contribution in [2.45, 2.75) is 51.2 Å². The van der Waals surface area contributed by atoms with Crippen LogP contribution < -0.4 is 5.32 Å². The van der Waals surface area contributed by atoms with Gasteiger partial charge in [-0.2, -0.15) is 0 Å². The highest BCUT2D eigenvalue weighted by Crippen LogP contribution is 2.22. The predicted octanol–water partition coefficient (Wildman–Crippen LogP) is 0.624. The minimum absolute atomic E-state index is 0. The Hall–Kier alpha value is -0.850. The van der Waals surface area contributed by atoms with Crippen molar-refractivity contribution in [2.75, 3.05) is 19.6 Å². The molecule has 1 rings (SSSR count). The Balaban J connectivity index is 0.00000361. The Labute approximate surface area is 125 Å². The lowest BCUT2D eigenvalue weighted by Gasteiger charge is -2.34. The number of amides is 1. The molecule has 0 heterocycles. The third-order valence-electron chi connectivity index (χ3n) is 3.37. The van der Waals surface area contributed by atoms with Crippen molar-refractivity contribution < 1.29 is 19.8 Å². The molecule has 0 aromatic heterocycles. The fourth-order valence-corrected chi connectivity index (χ4v) is 2.54. The maximum Gasteiger partial charge on any atom is 0.322 e. The van der Waals surface area contributed by atoms with Crippen LogP contribution >= 0.6 is 12.4 Å². The Bertz CT molecular complexity index is 307. The molecule has 0 spiro atoms. The molecule has 1 fully saturated rings. The first-order valence-electron chi connectivity index (χ1n) is 6.89. The summed E-state index contributed by atoms with van der Waals surface area (Å²) in [4.78, 5) is 24.1. The van der Waals surface area contributed by atoms with Gasteiger partial charge in [-0.15, -0.1) is 12.4 Å². The number of halogens is 1. The zero-order chi connectivity index (χ0) is 14.3. The molecule has 1 atom stereocenters. The van der Waals surface area contributed by atoms with E-state index in [4.69, 9.17) is 5.11 Å². The lowest BCUT2D eigenvalue weighted by Crippen LogP contribution is -2.47. The smallest absolute Gasteiger partial charge is 0.322 e. The van der Waals surface area contributed by atoms with Gasteiger partial charge in [0.25, 0.3) is 0 Å². The number of hydrogen-bond donors (Lipinski definition) is 3. The number of hydrogen-bond acceptors (Lipinski definition) is 4. The number of rotatable bonds is 7. The number of carbonyl (C=O) groups is 2. The number of nitrogens with one attached hydrogen (secondary N) is 1. The molecule has 1 aliphatic carbocycles. The molecule has 0 aromatic rings. The number of aliphatic hydroxyl groups is 1. The molecule has 1 unspecified atom stereocenters. The lowest BCUT2D eigenvalue weighted by molar-refractivity contribution is -0.138. The number of aliphatic carboxylic acids is 1. The van der Waals surface area contributed by atoms with Crippen LogP contribution in [-0.2, 0) is 9.59 Å². The van der Waals surface area contributed by atoms with Gasteiger partial charge >= 0.3 is 5.97 Å². The van der Waals surface area contributed by atoms with Gasteiger partial charge in [0.05, 0.1) is 12.6 Å². The van der Waals surface area contributed by atoms with Gasteiger partial charge in [0.1, 0.15) is 6.54 Å². The summed E-state index contributed by atoms with van der Waals surface area (Å²) in [6.45, 7) is 1.95. The van der Waals surface area contributed by atoms with E-state index in [0.29, 0.717) is 12.6 Å². The number of carbonyl (C=O) groups excluding carboxylic acids is 1. The molecule has 0 saturated heterocycles. The average molecular weight is 309 g/mol. The maximum atomic E-state index is 11.7. The molecule has 1 amide bonds. The SMILES string of the molecule is CC(O)CN(CC(=O)NCC(=O)O)C1CCCCC1.Cl. The van der Waals surface area contributed by atoms with E-state index in [-0.39, 0.29) is 31.4 Å². The van der Waals surface area contributed by atoms with Crippen LogP contribution in [0, 0.1) is 0 Å². The highest BCUT2D eigenvalue weighted by atomic mass is 35.5. The van der Waals surface area contributed by atoms with Crippen molar-refractivity contribution in [3.63, 3.8) is 0 Å². The molecular formula is C13H25ClN2O4. The van der Waals surface area contributed by atoms with E-state index < -0.39 is 12.1 Å². The molecule has 3 N–H and O–H groups in total. The van der Waals surface area contributed by atoms with Gasteiger partial charge in [-0.3, -0.25) is 14.5 Å². The summed E-state index contributed by atoms with van der Waals surface area (Å²) in [6.07, 6.45) is 5.12. The monoisotopic (exact) mass is 308 g/mol. The van der Waals surface area contributed by atoms with Crippen molar-refractivity contribution in [3.05, 3.63) is 0 Å². The van der Waals surface area contributed by atoms with Gasteiger partial charge in [-0.05, 0) is 19.8 Å². The molecule has 0 aromatic carbocycles. The summed E-state index contributed by atoms with van der Waals surface area (Å²) in [5.74, 6) is -1.35. The second-order valence-corrected chi connectivity index (χ2v) is 5.24. The van der Waals surface area contributed by atoms with Gasteiger partial charge in [0.15, 0.2) is 0 Å². The van der Waals surface area contributed by atoms with Crippen LogP contribution in [-0.4, -0.2) is 58.8 Å². The van der Waals surface area contributed by atoms with Crippen LogP contribution in [0.25, 0.3) is 0 Å². The van der Waals surface area contributed by atoms with E-state index >= 15 is 0 Å². The van der Waals surface area contributed by atoms with Crippen LogP contribution in [0.15, 0.2) is 0 Å². The number of carboxylic acid groups (broad SMARTS) is 1. The minimum Gasteiger partial charge on any atom is -0.480 e. The molecule has 1 aliphatic rings. The molecule has 7 heteroatoms. The zero-order valence-corrected chi connectivity index (χ0v) is 12.7. The Morgan fingerprint density at radius 1 is 1.30 bits per heavy atom.